The van der Waals surface area contributed by atoms with Crippen LogP contribution < -0.4 is 4.74 Å². The van der Waals surface area contributed by atoms with Gasteiger partial charge in [-0.15, -0.1) is 0 Å². The fourth-order valence-corrected chi connectivity index (χ4v) is 5.69. The van der Waals surface area contributed by atoms with Crippen LogP contribution in [0, 0.1) is 0 Å². The molecule has 2 fully saturated rings. The Labute approximate surface area is 191 Å². The normalized spacial score (nSPS) is 20.4. The second-order valence-electron chi connectivity index (χ2n) is 8.23. The molecule has 0 aromatic heterocycles. The average Bonchev–Trinajstić information content (AvgIpc) is 3.09. The first kappa shape index (κ1) is 24.9. The van der Waals surface area contributed by atoms with Gasteiger partial charge in [0.1, 0.15) is 18.5 Å². The summed E-state index contributed by atoms with van der Waals surface area (Å²) >= 11 is 0. The number of carbonyl (C=O) groups excluding carboxylic acids is 1. The molecule has 10 heteroatoms. The number of aliphatic hydroxyl groups is 1. The maximum absolute atomic E-state index is 12.9. The Balaban J connectivity index is 1.40. The highest BCUT2D eigenvalue weighted by molar-refractivity contribution is 7.86. The third-order valence-electron chi connectivity index (χ3n) is 5.83. The lowest BCUT2D eigenvalue weighted by Crippen LogP contribution is -2.54. The summed E-state index contributed by atoms with van der Waals surface area (Å²) in [6.45, 7) is 5.86. The number of nitrogens with zero attached hydrogens (tertiary/aromatic N) is 3. The summed E-state index contributed by atoms with van der Waals surface area (Å²) in [5, 5.41) is 10.4. The van der Waals surface area contributed by atoms with E-state index in [0.717, 1.165) is 25.7 Å². The molecule has 0 bridgehead atoms. The topological polar surface area (TPSA) is 99.6 Å². The number of rotatable bonds is 9. The summed E-state index contributed by atoms with van der Waals surface area (Å²) in [5.74, 6) is 0.182. The molecular weight excluding hydrogens is 434 g/mol. The van der Waals surface area contributed by atoms with Gasteiger partial charge >= 0.3 is 5.97 Å². The molecule has 2 heterocycles. The molecule has 1 aromatic rings. The molecule has 0 radical (unpaired) electrons. The van der Waals surface area contributed by atoms with Crippen LogP contribution in [0.4, 0.5) is 0 Å². The number of benzene rings is 1. The molecule has 0 saturated carbocycles. The van der Waals surface area contributed by atoms with Crippen molar-refractivity contribution in [2.75, 3.05) is 59.0 Å². The highest BCUT2D eigenvalue weighted by Gasteiger charge is 2.32. The lowest BCUT2D eigenvalue weighted by Gasteiger charge is -2.37. The van der Waals surface area contributed by atoms with Crippen LogP contribution in [0.15, 0.2) is 24.3 Å². The molecule has 32 heavy (non-hydrogen) atoms. The monoisotopic (exact) mass is 469 g/mol. The Bertz CT molecular complexity index is 817. The van der Waals surface area contributed by atoms with E-state index in [4.69, 9.17) is 9.47 Å². The average molecular weight is 470 g/mol. The van der Waals surface area contributed by atoms with Crippen LogP contribution in [0.5, 0.6) is 5.75 Å². The van der Waals surface area contributed by atoms with Gasteiger partial charge in [-0.3, -0.25) is 4.90 Å². The quantitative estimate of drug-likeness (QED) is 0.545. The summed E-state index contributed by atoms with van der Waals surface area (Å²) in [7, 11) is -3.40. The van der Waals surface area contributed by atoms with Gasteiger partial charge in [-0.2, -0.15) is 17.0 Å². The van der Waals surface area contributed by atoms with E-state index < -0.39 is 16.3 Å². The van der Waals surface area contributed by atoms with Crippen molar-refractivity contribution in [3.05, 3.63) is 29.8 Å². The van der Waals surface area contributed by atoms with Gasteiger partial charge in [-0.1, -0.05) is 12.8 Å². The maximum Gasteiger partial charge on any atom is 0.338 e. The molecule has 180 valence electrons. The minimum atomic E-state index is -3.40. The highest BCUT2D eigenvalue weighted by Crippen LogP contribution is 2.18. The van der Waals surface area contributed by atoms with Crippen molar-refractivity contribution in [3.8, 4) is 5.75 Å². The molecule has 0 amide bonds. The first-order valence-electron chi connectivity index (χ1n) is 11.5. The number of ether oxygens (including phenoxy) is 2. The molecule has 1 N–H and O–H groups in total. The fourth-order valence-electron chi connectivity index (χ4n) is 4.02. The van der Waals surface area contributed by atoms with Crippen molar-refractivity contribution in [3.63, 3.8) is 0 Å². The first-order valence-corrected chi connectivity index (χ1v) is 12.9. The summed E-state index contributed by atoms with van der Waals surface area (Å²) in [5.41, 5.74) is 0.452. The third-order valence-corrected chi connectivity index (χ3v) is 7.86. The van der Waals surface area contributed by atoms with Gasteiger partial charge in [-0.25, -0.2) is 4.79 Å². The number of piperazine rings is 1. The minimum absolute atomic E-state index is 0.116. The van der Waals surface area contributed by atoms with Gasteiger partial charge in [0.25, 0.3) is 10.2 Å². The second-order valence-corrected chi connectivity index (χ2v) is 10.2. The third kappa shape index (κ3) is 6.89. The van der Waals surface area contributed by atoms with Crippen molar-refractivity contribution in [1.29, 1.82) is 0 Å². The van der Waals surface area contributed by atoms with E-state index in [2.05, 4.69) is 4.90 Å². The predicted octanol–water partition coefficient (Wildman–Crippen LogP) is 1.34. The van der Waals surface area contributed by atoms with E-state index >= 15 is 0 Å². The lowest BCUT2D eigenvalue weighted by atomic mass is 10.2. The van der Waals surface area contributed by atoms with Crippen LogP contribution >= 0.6 is 0 Å². The lowest BCUT2D eigenvalue weighted by molar-refractivity contribution is 0.0523. The fraction of sp³-hybridized carbons (Fsp3) is 0.682. The van der Waals surface area contributed by atoms with Gasteiger partial charge in [-0.05, 0) is 44.0 Å². The van der Waals surface area contributed by atoms with Crippen molar-refractivity contribution in [2.24, 2.45) is 0 Å². The number of β-amino-alcohol motifs (C(OH)–C–C–N with tert-alkyl or cyclic N) is 1. The molecular formula is C22H35N3O6S. The molecule has 2 aliphatic rings. The number of hydrogen-bond donors (Lipinski definition) is 1. The Morgan fingerprint density at radius 3 is 2.16 bits per heavy atom. The summed E-state index contributed by atoms with van der Waals surface area (Å²) in [4.78, 5) is 13.7. The number of carbonyl (C=O) groups is 1. The Kier molecular flexibility index (Phi) is 9.30. The highest BCUT2D eigenvalue weighted by atomic mass is 32.2. The van der Waals surface area contributed by atoms with Crippen LogP contribution in [0.25, 0.3) is 0 Å². The van der Waals surface area contributed by atoms with Gasteiger partial charge in [0.15, 0.2) is 0 Å². The van der Waals surface area contributed by atoms with Gasteiger partial charge < -0.3 is 14.6 Å². The van der Waals surface area contributed by atoms with Crippen molar-refractivity contribution < 1.29 is 27.8 Å². The van der Waals surface area contributed by atoms with E-state index in [1.165, 1.54) is 0 Å². The van der Waals surface area contributed by atoms with E-state index in [1.54, 1.807) is 39.8 Å². The smallest absolute Gasteiger partial charge is 0.338 e. The number of hydrogen-bond acceptors (Lipinski definition) is 7. The molecule has 3 rings (SSSR count). The van der Waals surface area contributed by atoms with Crippen LogP contribution in [-0.4, -0.2) is 98.1 Å². The summed E-state index contributed by atoms with van der Waals surface area (Å²) in [6.07, 6.45) is 3.34. The zero-order valence-electron chi connectivity index (χ0n) is 18.8. The Morgan fingerprint density at radius 2 is 1.56 bits per heavy atom. The Morgan fingerprint density at radius 1 is 0.969 bits per heavy atom. The van der Waals surface area contributed by atoms with Gasteiger partial charge in [0.2, 0.25) is 0 Å². The predicted molar refractivity (Wildman–Crippen MR) is 121 cm³/mol. The molecule has 2 aliphatic heterocycles. The molecule has 1 atom stereocenters. The maximum atomic E-state index is 12.9. The van der Waals surface area contributed by atoms with Gasteiger partial charge in [0, 0.05) is 45.8 Å². The largest absolute Gasteiger partial charge is 0.491 e. The van der Waals surface area contributed by atoms with Crippen molar-refractivity contribution >= 4 is 16.2 Å². The molecule has 1 unspecified atom stereocenters. The van der Waals surface area contributed by atoms with Crippen LogP contribution in [0.2, 0.25) is 0 Å². The van der Waals surface area contributed by atoms with E-state index in [1.807, 2.05) is 0 Å². The van der Waals surface area contributed by atoms with Gasteiger partial charge in [0.05, 0.1) is 12.2 Å². The van der Waals surface area contributed by atoms with E-state index in [0.29, 0.717) is 63.7 Å². The minimum Gasteiger partial charge on any atom is -0.491 e. The molecule has 2 saturated heterocycles. The van der Waals surface area contributed by atoms with E-state index in [9.17, 15) is 18.3 Å². The number of esters is 1. The molecule has 9 nitrogen and oxygen atoms in total. The zero-order valence-corrected chi connectivity index (χ0v) is 19.6. The second kappa shape index (κ2) is 11.9. The summed E-state index contributed by atoms with van der Waals surface area (Å²) in [6, 6.07) is 6.60. The van der Waals surface area contributed by atoms with Crippen molar-refractivity contribution in [2.45, 2.75) is 38.7 Å². The van der Waals surface area contributed by atoms with Crippen LogP contribution in [0.1, 0.15) is 43.0 Å². The molecule has 0 aliphatic carbocycles. The SMILES string of the molecule is CCOC(=O)c1ccc(OCC(O)CN2CCN(S(=O)(=O)N3CCCCCC3)CC2)cc1. The number of aliphatic hydroxyl groups excluding tert-OH is 1. The molecule has 1 aromatic carbocycles. The standard InChI is InChI=1S/C22H35N3O6S/c1-2-30-22(27)19-7-9-21(10-8-19)31-18-20(26)17-23-13-15-25(16-14-23)32(28,29)24-11-5-3-4-6-12-24/h7-10,20,26H,2-6,11-18H2,1H3. The van der Waals surface area contributed by atoms with Crippen LogP contribution in [-0.2, 0) is 14.9 Å². The van der Waals surface area contributed by atoms with Crippen LogP contribution in [0.3, 0.4) is 0 Å². The van der Waals surface area contributed by atoms with E-state index in [-0.39, 0.29) is 12.6 Å². The zero-order chi connectivity index (χ0) is 23.0. The Hall–Kier alpha value is -1.72. The molecule has 0 spiro atoms. The summed E-state index contributed by atoms with van der Waals surface area (Å²) < 4.78 is 39.6. The van der Waals surface area contributed by atoms with Crippen molar-refractivity contribution in [1.82, 2.24) is 13.5 Å². The first-order chi connectivity index (χ1) is 15.4.